The van der Waals surface area contributed by atoms with Crippen LogP contribution >= 0.6 is 0 Å². The summed E-state index contributed by atoms with van der Waals surface area (Å²) in [5.74, 6) is 1.18. The predicted octanol–water partition coefficient (Wildman–Crippen LogP) is 3.63. The summed E-state index contributed by atoms with van der Waals surface area (Å²) < 4.78 is 12.6. The normalized spacial score (nSPS) is 12.7. The van der Waals surface area contributed by atoms with E-state index < -0.39 is 0 Å². The third kappa shape index (κ3) is 4.40. The molecular formula is C24H27N3O4. The fraction of sp³-hybridized carbons (Fsp3) is 0.375. The predicted molar refractivity (Wildman–Crippen MR) is 119 cm³/mol. The highest BCUT2D eigenvalue weighted by molar-refractivity contribution is 6.04. The third-order valence-electron chi connectivity index (χ3n) is 5.42. The van der Waals surface area contributed by atoms with Crippen LogP contribution in [0.4, 0.5) is 0 Å². The van der Waals surface area contributed by atoms with Gasteiger partial charge in [-0.2, -0.15) is 5.10 Å². The Bertz CT molecular complexity index is 1160. The second-order valence-electron chi connectivity index (χ2n) is 7.77. The minimum Gasteiger partial charge on any atom is -0.486 e. The molecule has 0 unspecified atom stereocenters. The molecule has 0 bridgehead atoms. The summed E-state index contributed by atoms with van der Waals surface area (Å²) in [5.41, 5.74) is 1.07. The molecule has 4 rings (SSSR count). The average molecular weight is 421 g/mol. The lowest BCUT2D eigenvalue weighted by molar-refractivity contribution is 0.0778. The maximum absolute atomic E-state index is 13.3. The van der Waals surface area contributed by atoms with Crippen LogP contribution in [0.5, 0.6) is 11.5 Å². The van der Waals surface area contributed by atoms with Crippen molar-refractivity contribution in [1.29, 1.82) is 0 Å². The first kappa shape index (κ1) is 20.9. The number of amides is 1. The number of carbonyl (C=O) groups excluding carboxylic acids is 1. The second-order valence-corrected chi connectivity index (χ2v) is 7.77. The Morgan fingerprint density at radius 2 is 1.81 bits per heavy atom. The Balaban J connectivity index is 1.63. The van der Waals surface area contributed by atoms with Gasteiger partial charge in [0.1, 0.15) is 13.2 Å². The van der Waals surface area contributed by atoms with Crippen LogP contribution in [0.15, 0.2) is 47.3 Å². The number of aryl methyl sites for hydroxylation is 1. The van der Waals surface area contributed by atoms with Gasteiger partial charge in [0.25, 0.3) is 11.5 Å². The number of carbonyl (C=O) groups is 1. The molecule has 0 spiro atoms. The minimum atomic E-state index is -0.227. The summed E-state index contributed by atoms with van der Waals surface area (Å²) in [7, 11) is 1.74. The maximum Gasteiger partial charge on any atom is 0.274 e. The van der Waals surface area contributed by atoms with Crippen LogP contribution in [0.1, 0.15) is 42.2 Å². The molecule has 0 saturated heterocycles. The van der Waals surface area contributed by atoms with Crippen LogP contribution in [0, 0.1) is 0 Å². The van der Waals surface area contributed by atoms with Crippen LogP contribution in [-0.2, 0) is 13.1 Å². The van der Waals surface area contributed by atoms with Crippen LogP contribution < -0.4 is 15.0 Å². The SMILES string of the molecule is CCCCCn1nc(C(=O)N(C)Cc2ccc3c(c2)OCCO3)c2ccccc2c1=O. The fourth-order valence-corrected chi connectivity index (χ4v) is 3.77. The Hall–Kier alpha value is -3.35. The van der Waals surface area contributed by atoms with Crippen molar-refractivity contribution < 1.29 is 14.3 Å². The van der Waals surface area contributed by atoms with E-state index in [0.29, 0.717) is 48.5 Å². The van der Waals surface area contributed by atoms with Crippen molar-refractivity contribution in [2.45, 2.75) is 39.3 Å². The summed E-state index contributed by atoms with van der Waals surface area (Å²) in [6, 6.07) is 12.9. The highest BCUT2D eigenvalue weighted by Gasteiger charge is 2.21. The average Bonchev–Trinajstić information content (AvgIpc) is 2.80. The first-order valence-corrected chi connectivity index (χ1v) is 10.7. The number of unbranched alkanes of at least 4 members (excludes halogenated alkanes) is 2. The first-order valence-electron chi connectivity index (χ1n) is 10.7. The third-order valence-corrected chi connectivity index (χ3v) is 5.42. The summed E-state index contributed by atoms with van der Waals surface area (Å²) in [5, 5.41) is 5.57. The van der Waals surface area contributed by atoms with E-state index in [9.17, 15) is 9.59 Å². The molecule has 31 heavy (non-hydrogen) atoms. The largest absolute Gasteiger partial charge is 0.486 e. The molecule has 0 aliphatic carbocycles. The van der Waals surface area contributed by atoms with Gasteiger partial charge in [-0.05, 0) is 30.2 Å². The molecule has 1 aliphatic rings. The van der Waals surface area contributed by atoms with Crippen molar-refractivity contribution in [3.05, 3.63) is 64.1 Å². The number of nitrogens with zero attached hydrogens (tertiary/aromatic N) is 3. The molecule has 7 nitrogen and oxygen atoms in total. The number of fused-ring (bicyclic) bond motifs is 2. The van der Waals surface area contributed by atoms with Gasteiger partial charge in [0.2, 0.25) is 0 Å². The number of rotatable bonds is 7. The van der Waals surface area contributed by atoms with Gasteiger partial charge in [-0.3, -0.25) is 9.59 Å². The van der Waals surface area contributed by atoms with Crippen molar-refractivity contribution >= 4 is 16.7 Å². The van der Waals surface area contributed by atoms with Gasteiger partial charge in [0.05, 0.1) is 5.39 Å². The smallest absolute Gasteiger partial charge is 0.274 e. The van der Waals surface area contributed by atoms with E-state index in [4.69, 9.17) is 9.47 Å². The molecule has 0 radical (unpaired) electrons. The maximum atomic E-state index is 13.3. The van der Waals surface area contributed by atoms with E-state index in [1.54, 1.807) is 24.1 Å². The molecule has 2 aromatic carbocycles. The molecule has 0 atom stereocenters. The van der Waals surface area contributed by atoms with Crippen molar-refractivity contribution in [3.8, 4) is 11.5 Å². The van der Waals surface area contributed by atoms with E-state index in [1.807, 2.05) is 30.3 Å². The molecule has 162 valence electrons. The van der Waals surface area contributed by atoms with Crippen molar-refractivity contribution in [2.24, 2.45) is 0 Å². The standard InChI is InChI=1S/C24H27N3O4/c1-3-4-7-12-27-23(28)19-9-6-5-8-18(19)22(25-27)24(29)26(2)16-17-10-11-20-21(15-17)31-14-13-30-20/h5-6,8-11,15H,3-4,7,12-14,16H2,1-2H3. The van der Waals surface area contributed by atoms with Crippen molar-refractivity contribution in [3.63, 3.8) is 0 Å². The zero-order chi connectivity index (χ0) is 21.8. The Morgan fingerprint density at radius 3 is 2.58 bits per heavy atom. The van der Waals surface area contributed by atoms with E-state index in [-0.39, 0.29) is 11.5 Å². The van der Waals surface area contributed by atoms with Crippen molar-refractivity contribution in [1.82, 2.24) is 14.7 Å². The highest BCUT2D eigenvalue weighted by atomic mass is 16.6. The van der Waals surface area contributed by atoms with Crippen molar-refractivity contribution in [2.75, 3.05) is 20.3 Å². The number of benzene rings is 2. The van der Waals surface area contributed by atoms with Crippen LogP contribution in [-0.4, -0.2) is 40.8 Å². The molecule has 0 saturated carbocycles. The van der Waals surface area contributed by atoms with Gasteiger partial charge < -0.3 is 14.4 Å². The topological polar surface area (TPSA) is 73.7 Å². The summed E-state index contributed by atoms with van der Waals surface area (Å²) >= 11 is 0. The van der Waals surface area contributed by atoms with E-state index in [0.717, 1.165) is 30.6 Å². The van der Waals surface area contributed by atoms with Gasteiger partial charge in [-0.1, -0.05) is 44.0 Å². The molecule has 0 fully saturated rings. The molecule has 0 N–H and O–H groups in total. The Morgan fingerprint density at radius 1 is 1.06 bits per heavy atom. The van der Waals surface area contributed by atoms with Crippen LogP contribution in [0.25, 0.3) is 10.8 Å². The van der Waals surface area contributed by atoms with Crippen LogP contribution in [0.2, 0.25) is 0 Å². The molecule has 3 aromatic rings. The number of ether oxygens (including phenoxy) is 2. The number of aromatic nitrogens is 2. The summed E-state index contributed by atoms with van der Waals surface area (Å²) in [6.07, 6.45) is 2.91. The Kier molecular flexibility index (Phi) is 6.21. The van der Waals surface area contributed by atoms with Crippen LogP contribution in [0.3, 0.4) is 0 Å². The monoisotopic (exact) mass is 421 g/mol. The zero-order valence-corrected chi connectivity index (χ0v) is 18.0. The first-order chi connectivity index (χ1) is 15.1. The van der Waals surface area contributed by atoms with E-state index in [1.165, 1.54) is 4.68 Å². The molecule has 2 heterocycles. The Labute approximate surface area is 181 Å². The molecule has 1 amide bonds. The quantitative estimate of drug-likeness (QED) is 0.545. The number of hydrogen-bond donors (Lipinski definition) is 0. The summed E-state index contributed by atoms with van der Waals surface area (Å²) in [6.45, 7) is 4.06. The molecule has 7 heteroatoms. The molecule has 1 aliphatic heterocycles. The molecule has 1 aromatic heterocycles. The zero-order valence-electron chi connectivity index (χ0n) is 18.0. The highest BCUT2D eigenvalue weighted by Crippen LogP contribution is 2.31. The fourth-order valence-electron chi connectivity index (χ4n) is 3.77. The lowest BCUT2D eigenvalue weighted by Gasteiger charge is -2.21. The van der Waals surface area contributed by atoms with Gasteiger partial charge in [-0.25, -0.2) is 4.68 Å². The van der Waals surface area contributed by atoms with E-state index in [2.05, 4.69) is 12.0 Å². The minimum absolute atomic E-state index is 0.155. The molecular weight excluding hydrogens is 394 g/mol. The lowest BCUT2D eigenvalue weighted by Crippen LogP contribution is -2.32. The summed E-state index contributed by atoms with van der Waals surface area (Å²) in [4.78, 5) is 27.8. The van der Waals surface area contributed by atoms with Gasteiger partial charge in [0, 0.05) is 25.5 Å². The van der Waals surface area contributed by atoms with E-state index >= 15 is 0 Å². The lowest BCUT2D eigenvalue weighted by atomic mass is 10.1. The van der Waals surface area contributed by atoms with Gasteiger partial charge in [-0.15, -0.1) is 0 Å². The van der Waals surface area contributed by atoms with Gasteiger partial charge >= 0.3 is 0 Å². The second kappa shape index (κ2) is 9.20. The van der Waals surface area contributed by atoms with Gasteiger partial charge in [0.15, 0.2) is 17.2 Å². The number of hydrogen-bond acceptors (Lipinski definition) is 5.